The Morgan fingerprint density at radius 3 is 1.84 bits per heavy atom. The van der Waals surface area contributed by atoms with E-state index in [4.69, 9.17) is 22.2 Å². The summed E-state index contributed by atoms with van der Waals surface area (Å²) >= 11 is 1.39. The highest BCUT2D eigenvalue weighted by Crippen LogP contribution is 2.59. The first kappa shape index (κ1) is 58.2. The van der Waals surface area contributed by atoms with Crippen LogP contribution < -0.4 is 5.32 Å². The fourth-order valence-corrected chi connectivity index (χ4v) is 11.0. The number of para-hydroxylation sites is 1. The molecule has 0 aliphatic rings. The third-order valence-corrected chi connectivity index (χ3v) is 14.6. The van der Waals surface area contributed by atoms with Crippen LogP contribution >= 0.6 is 22.6 Å². The summed E-state index contributed by atoms with van der Waals surface area (Å²) in [6.45, 7) is 21.2. The molecule has 4 rings (SSSR count). The minimum atomic E-state index is -2.13. The largest absolute Gasteiger partial charge is 0.466 e. The Kier molecular flexibility index (Phi) is 27.1. The van der Waals surface area contributed by atoms with Crippen molar-refractivity contribution in [2.75, 3.05) is 32.8 Å². The minimum Gasteiger partial charge on any atom is -0.466 e. The van der Waals surface area contributed by atoms with Crippen molar-refractivity contribution in [3.8, 4) is 22.4 Å². The molecular formula is C50H74N4O11S2. The number of carbonyl (C=O) groups is 2. The van der Waals surface area contributed by atoms with Crippen LogP contribution in [0.4, 0.5) is 5.69 Å². The number of unbranched alkanes of at least 4 members (excludes halogenated alkanes) is 1. The molecule has 0 aliphatic carbocycles. The van der Waals surface area contributed by atoms with Gasteiger partial charge in [-0.25, -0.2) is 0 Å². The molecule has 0 radical (unpaired) electrons. The molecule has 0 saturated heterocycles. The number of hydrogen-bond acceptors (Lipinski definition) is 13. The average molecular weight is 971 g/mol. The van der Waals surface area contributed by atoms with Crippen molar-refractivity contribution in [3.05, 3.63) is 117 Å². The second-order valence-electron chi connectivity index (χ2n) is 16.2. The lowest BCUT2D eigenvalue weighted by Crippen LogP contribution is -2.33. The van der Waals surface area contributed by atoms with Crippen molar-refractivity contribution in [2.45, 2.75) is 142 Å². The maximum atomic E-state index is 14.7. The van der Waals surface area contributed by atoms with E-state index in [1.54, 1.807) is 7.11 Å². The normalized spacial score (nSPS) is 12.4. The molecule has 1 amide bonds. The molecule has 3 aromatic carbocycles. The highest BCUT2D eigenvalue weighted by molar-refractivity contribution is 8.26. The van der Waals surface area contributed by atoms with Gasteiger partial charge in [0.05, 0.1) is 50.2 Å². The van der Waals surface area contributed by atoms with Crippen molar-refractivity contribution < 1.29 is 41.6 Å². The molecule has 0 bridgehead atoms. The first-order valence-corrected chi connectivity index (χ1v) is 25.4. The molecule has 1 heterocycles. The van der Waals surface area contributed by atoms with Gasteiger partial charge in [0.2, 0.25) is 0 Å². The number of nitrogens with one attached hydrogen (secondary N) is 1. The highest BCUT2D eigenvalue weighted by atomic mass is 32.3. The number of benzene rings is 3. The van der Waals surface area contributed by atoms with Gasteiger partial charge in [-0.2, -0.15) is 10.6 Å². The molecule has 17 heteroatoms. The Bertz CT molecular complexity index is 2030. The molecule has 0 saturated carbocycles. The maximum Gasteiger partial charge on any atom is 0.308 e. The first-order valence-electron chi connectivity index (χ1n) is 23.0. The van der Waals surface area contributed by atoms with Gasteiger partial charge in [0.15, 0.2) is 5.34 Å². The number of carbonyl (C=O) groups excluding carboxylic acids is 2. The van der Waals surface area contributed by atoms with E-state index in [1.807, 2.05) is 85.9 Å². The van der Waals surface area contributed by atoms with E-state index < -0.39 is 27.7 Å². The number of hydrogen-bond donors (Lipinski definition) is 1. The predicted molar refractivity (Wildman–Crippen MR) is 272 cm³/mol. The number of ether oxygens (including phenoxy) is 1. The number of amides is 1. The van der Waals surface area contributed by atoms with Gasteiger partial charge in [0.25, 0.3) is 11.0 Å². The number of aromatic nitrogens is 1. The zero-order valence-corrected chi connectivity index (χ0v) is 43.1. The van der Waals surface area contributed by atoms with Gasteiger partial charge in [-0.3, -0.25) is 18.0 Å². The molecule has 0 aliphatic heterocycles. The van der Waals surface area contributed by atoms with E-state index in [2.05, 4.69) is 99.2 Å². The van der Waals surface area contributed by atoms with Crippen LogP contribution in [0.1, 0.15) is 123 Å². The number of rotatable bonds is 27. The molecule has 0 spiro atoms. The fraction of sp³-hybridized carbons (Fsp3) is 0.520. The van der Waals surface area contributed by atoms with Crippen molar-refractivity contribution in [3.63, 3.8) is 0 Å². The maximum absolute atomic E-state index is 14.7. The Labute approximate surface area is 404 Å². The van der Waals surface area contributed by atoms with Crippen LogP contribution in [0.5, 0.6) is 0 Å². The molecule has 2 unspecified atom stereocenters. The smallest absolute Gasteiger partial charge is 0.308 e. The molecule has 372 valence electrons. The summed E-state index contributed by atoms with van der Waals surface area (Å²) in [5, 5.41) is 15.1. The lowest BCUT2D eigenvalue weighted by Gasteiger charge is -2.51. The van der Waals surface area contributed by atoms with Crippen LogP contribution in [0.3, 0.4) is 0 Å². The Hall–Kier alpha value is -4.94. The summed E-state index contributed by atoms with van der Waals surface area (Å²) in [6.07, 6.45) is 0.665. The molecule has 67 heavy (non-hydrogen) atoms. The molecular weight excluding hydrogens is 897 g/mol. The van der Waals surface area contributed by atoms with Crippen LogP contribution in [0.2, 0.25) is 0 Å². The summed E-state index contributed by atoms with van der Waals surface area (Å²) in [6, 6.07) is 29.8. The standard InChI is InChI=1S/C47H65N3O9S2.C2H6.CH3NO2/c1-33(2)45-44(47(52)48-39-25-17-12-18-26-39)43(37-21-13-10-14-22-37)46(38-23-15-11-16-24-38)49(45)28-27-40(58-60-34(3)4)31-41(59-61(55-9,35(5)6)36(7)8)32-42(51)56-29-19-20-30-57-50(53)54;1-2;1-4-2-3/h10-18,21-26,33-36,40-41H,19-20,27-32H2,1-9H3,(H,48,52);1-2H3;1H3. The molecule has 1 aromatic heterocycles. The monoisotopic (exact) mass is 970 g/mol. The summed E-state index contributed by atoms with van der Waals surface area (Å²) in [7, 11) is 0.742. The number of anilines is 1. The Morgan fingerprint density at radius 2 is 1.34 bits per heavy atom. The van der Waals surface area contributed by atoms with Crippen molar-refractivity contribution >= 4 is 40.2 Å². The summed E-state index contributed by atoms with van der Waals surface area (Å²) in [5.74, 6) is -0.667. The van der Waals surface area contributed by atoms with Gasteiger partial charge in [0.1, 0.15) is 7.11 Å². The lowest BCUT2D eigenvalue weighted by molar-refractivity contribution is -0.757. The fourth-order valence-electron chi connectivity index (χ4n) is 7.49. The second kappa shape index (κ2) is 31.2. The Morgan fingerprint density at radius 1 is 0.806 bits per heavy atom. The molecule has 4 aromatic rings. The average Bonchev–Trinajstić information content (AvgIpc) is 3.67. The van der Waals surface area contributed by atoms with Gasteiger partial charge in [-0.1, -0.05) is 120 Å². The van der Waals surface area contributed by atoms with E-state index >= 15 is 0 Å². The van der Waals surface area contributed by atoms with Crippen molar-refractivity contribution in [2.24, 2.45) is 5.34 Å². The van der Waals surface area contributed by atoms with E-state index in [-0.39, 0.29) is 53.3 Å². The molecule has 2 atom stereocenters. The van der Waals surface area contributed by atoms with Gasteiger partial charge in [-0.05, 0) is 88.2 Å². The SMILES string of the molecule is CC.CON=O.COS(OC(CC(=O)OCCCCO[N+](=O)[O-])CC(CCn1c(-c2ccccc2)c(-c2ccccc2)c(C(=O)Nc2ccccc2)c1C(C)C)OSC(C)C)(C(C)C)C(C)C. The van der Waals surface area contributed by atoms with Gasteiger partial charge in [0, 0.05) is 45.7 Å². The predicted octanol–water partition coefficient (Wildman–Crippen LogP) is 13.2. The quantitative estimate of drug-likeness (QED) is 0.0149. The first-order chi connectivity index (χ1) is 32.1. The van der Waals surface area contributed by atoms with E-state index in [0.29, 0.717) is 43.5 Å². The lowest BCUT2D eigenvalue weighted by atomic mass is 9.94. The van der Waals surface area contributed by atoms with Crippen molar-refractivity contribution in [1.82, 2.24) is 4.57 Å². The minimum absolute atomic E-state index is 0.0285. The molecule has 0 fully saturated rings. The van der Waals surface area contributed by atoms with Gasteiger partial charge < -0.3 is 28.5 Å². The third-order valence-electron chi connectivity index (χ3n) is 10.1. The zero-order valence-electron chi connectivity index (χ0n) is 41.4. The second-order valence-corrected chi connectivity index (χ2v) is 21.2. The van der Waals surface area contributed by atoms with Crippen LogP contribution in [-0.4, -0.2) is 76.9 Å². The summed E-state index contributed by atoms with van der Waals surface area (Å²) in [5.41, 5.74) is 5.94. The van der Waals surface area contributed by atoms with Gasteiger partial charge >= 0.3 is 5.97 Å². The third kappa shape index (κ3) is 18.6. The Balaban J connectivity index is 0.00000243. The topological polar surface area (TPSA) is 179 Å². The van der Waals surface area contributed by atoms with Crippen LogP contribution in [0.25, 0.3) is 22.4 Å². The van der Waals surface area contributed by atoms with E-state index in [1.165, 1.54) is 19.2 Å². The van der Waals surface area contributed by atoms with Gasteiger partial charge in [-0.15, -0.1) is 15.0 Å². The summed E-state index contributed by atoms with van der Waals surface area (Å²) < 4.78 is 27.7. The van der Waals surface area contributed by atoms with Crippen molar-refractivity contribution in [1.29, 1.82) is 0 Å². The van der Waals surface area contributed by atoms with Crippen LogP contribution in [0, 0.1) is 15.0 Å². The number of nitrogens with zero attached hydrogens (tertiary/aromatic N) is 3. The zero-order chi connectivity index (χ0) is 49.9. The number of esters is 1. The molecule has 1 N–H and O–H groups in total. The summed E-state index contributed by atoms with van der Waals surface area (Å²) in [4.78, 5) is 55.4. The van der Waals surface area contributed by atoms with E-state index in [0.717, 1.165) is 28.1 Å². The highest BCUT2D eigenvalue weighted by Gasteiger charge is 2.36. The molecule has 15 nitrogen and oxygen atoms in total. The van der Waals surface area contributed by atoms with E-state index in [9.17, 15) is 19.7 Å². The van der Waals surface area contributed by atoms with Crippen LogP contribution in [-0.2, 0) is 38.3 Å². The van der Waals surface area contributed by atoms with Crippen LogP contribution in [0.15, 0.2) is 96.3 Å².